The molecule has 1 aromatic rings. The molecule has 0 heterocycles. The number of aryl methyl sites for hydroxylation is 1. The van der Waals surface area contributed by atoms with Crippen LogP contribution in [-0.4, -0.2) is 42.5 Å². The molecule has 3 N–H and O–H groups in total. The van der Waals surface area contributed by atoms with Crippen LogP contribution in [0.3, 0.4) is 0 Å². The van der Waals surface area contributed by atoms with Crippen molar-refractivity contribution in [3.8, 4) is 5.75 Å². The van der Waals surface area contributed by atoms with Crippen molar-refractivity contribution in [2.75, 3.05) is 20.2 Å². The van der Waals surface area contributed by atoms with Crippen LogP contribution in [0.2, 0.25) is 0 Å². The molecule has 0 spiro atoms. The van der Waals surface area contributed by atoms with Gasteiger partial charge in [-0.3, -0.25) is 4.79 Å². The molecule has 0 radical (unpaired) electrons. The molecule has 0 saturated heterocycles. The minimum atomic E-state index is -0.833. The SMILES string of the molecule is CNCC(O)COc1ccccc1CCC(=O)O. The number of carboxylic acids is 1. The molecule has 0 fully saturated rings. The highest BCUT2D eigenvalue weighted by Gasteiger charge is 2.08. The number of aliphatic hydroxyl groups is 1. The Labute approximate surface area is 106 Å². The highest BCUT2D eigenvalue weighted by atomic mass is 16.5. The molecule has 0 saturated carbocycles. The van der Waals surface area contributed by atoms with Crippen LogP contribution in [0.15, 0.2) is 24.3 Å². The normalized spacial score (nSPS) is 12.1. The summed E-state index contributed by atoms with van der Waals surface area (Å²) in [4.78, 5) is 10.5. The number of hydrogen-bond donors (Lipinski definition) is 3. The lowest BCUT2D eigenvalue weighted by Crippen LogP contribution is -2.29. The smallest absolute Gasteiger partial charge is 0.303 e. The third-order valence-electron chi connectivity index (χ3n) is 2.45. The Morgan fingerprint density at radius 3 is 2.83 bits per heavy atom. The summed E-state index contributed by atoms with van der Waals surface area (Å²) in [5, 5.41) is 21.1. The Hall–Kier alpha value is -1.59. The molecule has 1 aromatic carbocycles. The average molecular weight is 253 g/mol. The van der Waals surface area contributed by atoms with E-state index in [0.29, 0.717) is 18.7 Å². The maximum absolute atomic E-state index is 10.5. The molecule has 0 aliphatic heterocycles. The predicted molar refractivity (Wildman–Crippen MR) is 67.8 cm³/mol. The molecular weight excluding hydrogens is 234 g/mol. The van der Waals surface area contributed by atoms with Gasteiger partial charge < -0.3 is 20.3 Å². The molecular formula is C13H19NO4. The van der Waals surface area contributed by atoms with Crippen molar-refractivity contribution in [1.82, 2.24) is 5.32 Å². The van der Waals surface area contributed by atoms with Gasteiger partial charge in [0, 0.05) is 13.0 Å². The summed E-state index contributed by atoms with van der Waals surface area (Å²) < 4.78 is 5.50. The van der Waals surface area contributed by atoms with Crippen LogP contribution in [0.25, 0.3) is 0 Å². The second-order valence-electron chi connectivity index (χ2n) is 4.02. The lowest BCUT2D eigenvalue weighted by atomic mass is 10.1. The van der Waals surface area contributed by atoms with E-state index in [9.17, 15) is 9.90 Å². The number of para-hydroxylation sites is 1. The summed E-state index contributed by atoms with van der Waals surface area (Å²) in [7, 11) is 1.75. The van der Waals surface area contributed by atoms with E-state index >= 15 is 0 Å². The standard InChI is InChI=1S/C13H19NO4/c1-14-8-11(15)9-18-12-5-3-2-4-10(12)6-7-13(16)17/h2-5,11,14-15H,6-9H2,1H3,(H,16,17). The summed E-state index contributed by atoms with van der Waals surface area (Å²) in [6, 6.07) is 7.28. The predicted octanol–water partition coefficient (Wildman–Crippen LogP) is 0.663. The zero-order valence-corrected chi connectivity index (χ0v) is 10.4. The van der Waals surface area contributed by atoms with Crippen LogP contribution in [0.1, 0.15) is 12.0 Å². The van der Waals surface area contributed by atoms with Gasteiger partial charge in [-0.2, -0.15) is 0 Å². The van der Waals surface area contributed by atoms with Crippen LogP contribution in [-0.2, 0) is 11.2 Å². The number of aliphatic hydroxyl groups excluding tert-OH is 1. The molecule has 0 aliphatic carbocycles. The minimum Gasteiger partial charge on any atom is -0.491 e. The number of carboxylic acid groups (broad SMARTS) is 1. The Kier molecular flexibility index (Phi) is 6.18. The highest BCUT2D eigenvalue weighted by Crippen LogP contribution is 2.19. The lowest BCUT2D eigenvalue weighted by Gasteiger charge is -2.14. The largest absolute Gasteiger partial charge is 0.491 e. The Morgan fingerprint density at radius 1 is 1.44 bits per heavy atom. The molecule has 100 valence electrons. The fourth-order valence-corrected chi connectivity index (χ4v) is 1.57. The van der Waals surface area contributed by atoms with Crippen molar-refractivity contribution >= 4 is 5.97 Å². The topological polar surface area (TPSA) is 78.8 Å². The molecule has 0 aromatic heterocycles. The fourth-order valence-electron chi connectivity index (χ4n) is 1.57. The van der Waals surface area contributed by atoms with Crippen molar-refractivity contribution < 1.29 is 19.7 Å². The monoisotopic (exact) mass is 253 g/mol. The molecule has 1 unspecified atom stereocenters. The summed E-state index contributed by atoms with van der Waals surface area (Å²) in [6.07, 6.45) is -0.0879. The van der Waals surface area contributed by atoms with Gasteiger partial charge >= 0.3 is 5.97 Å². The number of hydrogen-bond acceptors (Lipinski definition) is 4. The molecule has 0 aliphatic rings. The van der Waals surface area contributed by atoms with Gasteiger partial charge in [-0.25, -0.2) is 0 Å². The Balaban J connectivity index is 2.55. The summed E-state index contributed by atoms with van der Waals surface area (Å²) in [5.74, 6) is -0.200. The average Bonchev–Trinajstić information content (AvgIpc) is 2.35. The van der Waals surface area contributed by atoms with Gasteiger partial charge in [-0.15, -0.1) is 0 Å². The van der Waals surface area contributed by atoms with Gasteiger partial charge in [-0.1, -0.05) is 18.2 Å². The summed E-state index contributed by atoms with van der Waals surface area (Å²) in [6.45, 7) is 0.641. The van der Waals surface area contributed by atoms with Crippen LogP contribution in [0, 0.1) is 0 Å². The first-order chi connectivity index (χ1) is 8.63. The van der Waals surface area contributed by atoms with Gasteiger partial charge in [0.25, 0.3) is 0 Å². The van der Waals surface area contributed by atoms with Crippen LogP contribution < -0.4 is 10.1 Å². The first-order valence-corrected chi connectivity index (χ1v) is 5.88. The van der Waals surface area contributed by atoms with Crippen LogP contribution in [0.5, 0.6) is 5.75 Å². The molecule has 5 nitrogen and oxygen atoms in total. The minimum absolute atomic E-state index is 0.0689. The van der Waals surface area contributed by atoms with Gasteiger partial charge in [0.2, 0.25) is 0 Å². The van der Waals surface area contributed by atoms with Crippen molar-refractivity contribution in [2.24, 2.45) is 0 Å². The van der Waals surface area contributed by atoms with E-state index in [0.717, 1.165) is 5.56 Å². The van der Waals surface area contributed by atoms with Gasteiger partial charge in [0.1, 0.15) is 18.5 Å². The quantitative estimate of drug-likeness (QED) is 0.634. The maximum Gasteiger partial charge on any atom is 0.303 e. The third kappa shape index (κ3) is 5.16. The summed E-state index contributed by atoms with van der Waals surface area (Å²) in [5.41, 5.74) is 0.844. The van der Waals surface area contributed by atoms with Gasteiger partial charge in [-0.05, 0) is 25.1 Å². The molecule has 0 bridgehead atoms. The van der Waals surface area contributed by atoms with Gasteiger partial charge in [0.15, 0.2) is 0 Å². The second kappa shape index (κ2) is 7.68. The van der Waals surface area contributed by atoms with Crippen molar-refractivity contribution in [3.63, 3.8) is 0 Å². The first kappa shape index (κ1) is 14.5. The van der Waals surface area contributed by atoms with Crippen molar-refractivity contribution in [1.29, 1.82) is 0 Å². The number of aliphatic carboxylic acids is 1. The Bertz CT molecular complexity index is 381. The maximum atomic E-state index is 10.5. The molecule has 18 heavy (non-hydrogen) atoms. The summed E-state index contributed by atoms with van der Waals surface area (Å²) >= 11 is 0. The van der Waals surface area contributed by atoms with Crippen LogP contribution in [0.4, 0.5) is 0 Å². The zero-order chi connectivity index (χ0) is 13.4. The number of benzene rings is 1. The van der Waals surface area contributed by atoms with E-state index in [4.69, 9.17) is 9.84 Å². The molecule has 5 heteroatoms. The van der Waals surface area contributed by atoms with E-state index in [1.807, 2.05) is 18.2 Å². The fraction of sp³-hybridized carbons (Fsp3) is 0.462. The highest BCUT2D eigenvalue weighted by molar-refractivity contribution is 5.67. The van der Waals surface area contributed by atoms with E-state index in [-0.39, 0.29) is 13.0 Å². The number of rotatable bonds is 8. The number of likely N-dealkylation sites (N-methyl/N-ethyl adjacent to an activating group) is 1. The second-order valence-corrected chi connectivity index (χ2v) is 4.02. The van der Waals surface area contributed by atoms with E-state index in [1.54, 1.807) is 13.1 Å². The molecule has 1 atom stereocenters. The Morgan fingerprint density at radius 2 is 2.17 bits per heavy atom. The van der Waals surface area contributed by atoms with E-state index in [2.05, 4.69) is 5.32 Å². The van der Waals surface area contributed by atoms with E-state index in [1.165, 1.54) is 0 Å². The number of nitrogens with one attached hydrogen (secondary N) is 1. The number of carbonyl (C=O) groups is 1. The van der Waals surface area contributed by atoms with Crippen LogP contribution >= 0.6 is 0 Å². The zero-order valence-electron chi connectivity index (χ0n) is 10.4. The molecule has 1 rings (SSSR count). The molecule has 0 amide bonds. The first-order valence-electron chi connectivity index (χ1n) is 5.88. The van der Waals surface area contributed by atoms with Crippen molar-refractivity contribution in [2.45, 2.75) is 18.9 Å². The van der Waals surface area contributed by atoms with Gasteiger partial charge in [0.05, 0.1) is 0 Å². The lowest BCUT2D eigenvalue weighted by molar-refractivity contribution is -0.136. The third-order valence-corrected chi connectivity index (χ3v) is 2.45. The van der Waals surface area contributed by atoms with E-state index < -0.39 is 12.1 Å². The number of ether oxygens (including phenoxy) is 1. The van der Waals surface area contributed by atoms with Crippen molar-refractivity contribution in [3.05, 3.63) is 29.8 Å².